The maximum atomic E-state index is 12.7. The van der Waals surface area contributed by atoms with Gasteiger partial charge in [0.1, 0.15) is 5.76 Å². The fourth-order valence-corrected chi connectivity index (χ4v) is 3.54. The largest absolute Gasteiger partial charge is 0.468 e. The highest BCUT2D eigenvalue weighted by atomic mass is 16.5. The summed E-state index contributed by atoms with van der Waals surface area (Å²) >= 11 is 0. The van der Waals surface area contributed by atoms with Gasteiger partial charge in [0, 0.05) is 44.4 Å². The number of aromatic nitrogens is 1. The van der Waals surface area contributed by atoms with Crippen molar-refractivity contribution >= 4 is 5.91 Å². The van der Waals surface area contributed by atoms with Gasteiger partial charge in [-0.1, -0.05) is 35.0 Å². The summed E-state index contributed by atoms with van der Waals surface area (Å²) in [5.74, 6) is 1.19. The minimum absolute atomic E-state index is 0.00822. The summed E-state index contributed by atoms with van der Waals surface area (Å²) < 4.78 is 11.0. The number of carbonyl (C=O) groups is 1. The Kier molecular flexibility index (Phi) is 5.78. The van der Waals surface area contributed by atoms with Gasteiger partial charge in [0.25, 0.3) is 5.91 Å². The highest BCUT2D eigenvalue weighted by Crippen LogP contribution is 2.23. The van der Waals surface area contributed by atoms with Crippen molar-refractivity contribution in [1.82, 2.24) is 20.3 Å². The van der Waals surface area contributed by atoms with Gasteiger partial charge in [0.2, 0.25) is 0 Å². The highest BCUT2D eigenvalue weighted by Gasteiger charge is 2.27. The molecule has 1 N–H and O–H groups in total. The van der Waals surface area contributed by atoms with Gasteiger partial charge in [-0.25, -0.2) is 0 Å². The summed E-state index contributed by atoms with van der Waals surface area (Å²) in [5.41, 5.74) is 2.34. The monoisotopic (exact) mass is 394 g/mol. The third kappa shape index (κ3) is 4.58. The number of nitrogens with one attached hydrogen (secondary N) is 1. The van der Waals surface area contributed by atoms with Crippen LogP contribution in [-0.2, 0) is 0 Å². The van der Waals surface area contributed by atoms with E-state index >= 15 is 0 Å². The predicted molar refractivity (Wildman–Crippen MR) is 110 cm³/mol. The highest BCUT2D eigenvalue weighted by molar-refractivity contribution is 5.93. The molecule has 152 valence electrons. The first-order valence-electron chi connectivity index (χ1n) is 9.88. The number of nitrogens with zero attached hydrogens (tertiary/aromatic N) is 3. The van der Waals surface area contributed by atoms with Crippen LogP contribution in [0.1, 0.15) is 27.9 Å². The van der Waals surface area contributed by atoms with Gasteiger partial charge >= 0.3 is 0 Å². The zero-order chi connectivity index (χ0) is 20.2. The number of rotatable bonds is 6. The van der Waals surface area contributed by atoms with E-state index in [4.69, 9.17) is 8.94 Å². The Morgan fingerprint density at radius 1 is 1.17 bits per heavy atom. The molecule has 1 atom stereocenters. The first kappa shape index (κ1) is 19.4. The fourth-order valence-electron chi connectivity index (χ4n) is 3.54. The van der Waals surface area contributed by atoms with E-state index in [1.54, 1.807) is 12.3 Å². The lowest BCUT2D eigenvalue weighted by Gasteiger charge is -2.37. The molecule has 1 unspecified atom stereocenters. The molecule has 1 aliphatic rings. The van der Waals surface area contributed by atoms with Crippen LogP contribution in [0, 0.1) is 6.92 Å². The number of benzene rings is 1. The van der Waals surface area contributed by atoms with Crippen molar-refractivity contribution in [3.63, 3.8) is 0 Å². The van der Waals surface area contributed by atoms with Crippen molar-refractivity contribution in [2.45, 2.75) is 13.0 Å². The zero-order valence-electron chi connectivity index (χ0n) is 16.8. The van der Waals surface area contributed by atoms with Crippen LogP contribution in [0.4, 0.5) is 0 Å². The molecule has 0 saturated carbocycles. The molecular weight excluding hydrogens is 368 g/mol. The average Bonchev–Trinajstić information content (AvgIpc) is 3.42. The maximum absolute atomic E-state index is 12.7. The number of likely N-dealkylation sites (N-methyl/N-ethyl adjacent to an activating group) is 1. The lowest BCUT2D eigenvalue weighted by Crippen LogP contribution is -2.48. The molecule has 2 aromatic heterocycles. The molecule has 0 spiro atoms. The van der Waals surface area contributed by atoms with Gasteiger partial charge in [0.15, 0.2) is 11.5 Å². The molecule has 29 heavy (non-hydrogen) atoms. The number of piperazine rings is 1. The normalized spacial score (nSPS) is 16.6. The van der Waals surface area contributed by atoms with Crippen molar-refractivity contribution < 1.29 is 13.7 Å². The van der Waals surface area contributed by atoms with Gasteiger partial charge < -0.3 is 19.2 Å². The molecule has 1 saturated heterocycles. The Hall–Kier alpha value is -2.90. The molecule has 4 rings (SSSR count). The van der Waals surface area contributed by atoms with E-state index in [1.165, 1.54) is 5.56 Å². The summed E-state index contributed by atoms with van der Waals surface area (Å²) in [5, 5.41) is 6.94. The van der Waals surface area contributed by atoms with E-state index in [0.29, 0.717) is 12.3 Å². The fraction of sp³-hybridized carbons (Fsp3) is 0.364. The second-order valence-corrected chi connectivity index (χ2v) is 7.52. The topological polar surface area (TPSA) is 74.8 Å². The van der Waals surface area contributed by atoms with E-state index in [2.05, 4.69) is 27.3 Å². The molecule has 1 aliphatic heterocycles. The van der Waals surface area contributed by atoms with E-state index in [1.807, 2.05) is 43.3 Å². The minimum Gasteiger partial charge on any atom is -0.468 e. The lowest BCUT2D eigenvalue weighted by molar-refractivity contribution is 0.0845. The molecule has 7 heteroatoms. The molecule has 0 bridgehead atoms. The van der Waals surface area contributed by atoms with E-state index in [0.717, 1.165) is 37.5 Å². The van der Waals surface area contributed by atoms with Crippen LogP contribution < -0.4 is 5.32 Å². The molecule has 1 amide bonds. The van der Waals surface area contributed by atoms with Crippen molar-refractivity contribution in [3.8, 4) is 11.3 Å². The quantitative estimate of drug-likeness (QED) is 0.693. The number of hydrogen-bond donors (Lipinski definition) is 1. The number of hydrogen-bond acceptors (Lipinski definition) is 6. The van der Waals surface area contributed by atoms with Crippen molar-refractivity contribution in [1.29, 1.82) is 0 Å². The zero-order valence-corrected chi connectivity index (χ0v) is 16.8. The molecule has 1 aromatic carbocycles. The summed E-state index contributed by atoms with van der Waals surface area (Å²) in [4.78, 5) is 17.3. The summed E-state index contributed by atoms with van der Waals surface area (Å²) in [6, 6.07) is 13.4. The van der Waals surface area contributed by atoms with Crippen LogP contribution in [0.5, 0.6) is 0 Å². The lowest BCUT2D eigenvalue weighted by atomic mass is 10.1. The van der Waals surface area contributed by atoms with Crippen LogP contribution in [0.15, 0.2) is 57.7 Å². The van der Waals surface area contributed by atoms with E-state index in [-0.39, 0.29) is 17.6 Å². The van der Waals surface area contributed by atoms with Crippen molar-refractivity contribution in [2.24, 2.45) is 0 Å². The Bertz CT molecular complexity index is 925. The molecule has 0 aliphatic carbocycles. The third-order valence-corrected chi connectivity index (χ3v) is 5.39. The number of amides is 1. The predicted octanol–water partition coefficient (Wildman–Crippen LogP) is 2.96. The van der Waals surface area contributed by atoms with Gasteiger partial charge in [-0.15, -0.1) is 0 Å². The number of aryl methyl sites for hydroxylation is 1. The van der Waals surface area contributed by atoms with Crippen LogP contribution in [0.25, 0.3) is 11.3 Å². The first-order valence-corrected chi connectivity index (χ1v) is 9.88. The maximum Gasteiger partial charge on any atom is 0.273 e. The van der Waals surface area contributed by atoms with Crippen LogP contribution in [0.2, 0.25) is 0 Å². The Morgan fingerprint density at radius 3 is 2.62 bits per heavy atom. The smallest absolute Gasteiger partial charge is 0.273 e. The summed E-state index contributed by atoms with van der Waals surface area (Å²) in [6.45, 7) is 6.32. The van der Waals surface area contributed by atoms with Crippen LogP contribution >= 0.6 is 0 Å². The summed E-state index contributed by atoms with van der Waals surface area (Å²) in [7, 11) is 2.12. The van der Waals surface area contributed by atoms with Crippen molar-refractivity contribution in [3.05, 3.63) is 65.7 Å². The second kappa shape index (κ2) is 8.63. The van der Waals surface area contributed by atoms with Gasteiger partial charge in [-0.05, 0) is 26.1 Å². The van der Waals surface area contributed by atoms with Gasteiger partial charge in [0.05, 0.1) is 12.3 Å². The first-order chi connectivity index (χ1) is 14.1. The van der Waals surface area contributed by atoms with Crippen LogP contribution in [-0.4, -0.2) is 60.6 Å². The van der Waals surface area contributed by atoms with Gasteiger partial charge in [-0.3, -0.25) is 9.69 Å². The Morgan fingerprint density at radius 2 is 1.93 bits per heavy atom. The van der Waals surface area contributed by atoms with Gasteiger partial charge in [-0.2, -0.15) is 0 Å². The van der Waals surface area contributed by atoms with E-state index < -0.39 is 0 Å². The summed E-state index contributed by atoms with van der Waals surface area (Å²) in [6.07, 6.45) is 1.67. The Balaban J connectivity index is 1.42. The van der Waals surface area contributed by atoms with E-state index in [9.17, 15) is 4.79 Å². The SMILES string of the molecule is Cc1ccc(-c2cc(C(=O)NCC(c3ccco3)N3CCN(C)CC3)no2)cc1. The molecule has 0 radical (unpaired) electrons. The minimum atomic E-state index is -0.252. The Labute approximate surface area is 170 Å². The van der Waals surface area contributed by atoms with Crippen molar-refractivity contribution in [2.75, 3.05) is 39.8 Å². The average molecular weight is 394 g/mol. The molecule has 3 aromatic rings. The molecule has 3 heterocycles. The number of furan rings is 1. The molecule has 7 nitrogen and oxygen atoms in total. The molecular formula is C22H26N4O3. The molecule has 1 fully saturated rings. The standard InChI is InChI=1S/C22H26N4O3/c1-16-5-7-17(8-6-16)21-14-18(24-29-21)22(27)23-15-19(20-4-3-13-28-20)26-11-9-25(2)10-12-26/h3-8,13-14,19H,9-12,15H2,1-2H3,(H,23,27). The second-order valence-electron chi connectivity index (χ2n) is 7.52. The third-order valence-electron chi connectivity index (χ3n) is 5.39. The van der Waals surface area contributed by atoms with Crippen LogP contribution in [0.3, 0.4) is 0 Å². The number of carbonyl (C=O) groups excluding carboxylic acids is 1.